The van der Waals surface area contributed by atoms with Crippen molar-refractivity contribution in [3.63, 3.8) is 0 Å². The topological polar surface area (TPSA) is 33.6 Å². The van der Waals surface area contributed by atoms with Gasteiger partial charge in [0.2, 0.25) is 0 Å². The number of hydrogen-bond donors (Lipinski definition) is 1. The lowest BCUT2D eigenvalue weighted by molar-refractivity contribution is 0.415. The molecule has 0 saturated carbocycles. The van der Waals surface area contributed by atoms with Gasteiger partial charge in [-0.05, 0) is 42.8 Å². The maximum absolute atomic E-state index is 5.21. The first kappa shape index (κ1) is 18.6. The van der Waals surface area contributed by atoms with Gasteiger partial charge in [-0.15, -0.1) is 12.4 Å². The smallest absolute Gasteiger partial charge is 0.138 e. The molecule has 0 fully saturated rings. The van der Waals surface area contributed by atoms with E-state index >= 15 is 0 Å². The predicted molar refractivity (Wildman–Crippen MR) is 108 cm³/mol. The van der Waals surface area contributed by atoms with Gasteiger partial charge in [-0.1, -0.05) is 48.5 Å². The van der Waals surface area contributed by atoms with E-state index in [2.05, 4.69) is 18.3 Å². The Morgan fingerprint density at radius 3 is 2.12 bits per heavy atom. The second kappa shape index (κ2) is 8.90. The molecule has 3 aromatic carbocycles. The highest BCUT2D eigenvalue weighted by atomic mass is 35.5. The van der Waals surface area contributed by atoms with Gasteiger partial charge in [0.25, 0.3) is 0 Å². The molecular formula is C21H21ClN2O. The molecule has 25 heavy (non-hydrogen) atoms. The van der Waals surface area contributed by atoms with Gasteiger partial charge in [0.05, 0.1) is 12.8 Å². The molecule has 0 saturated heterocycles. The van der Waals surface area contributed by atoms with Gasteiger partial charge in [0.15, 0.2) is 0 Å². The Labute approximate surface area is 154 Å². The Morgan fingerprint density at radius 2 is 1.48 bits per heavy atom. The maximum Gasteiger partial charge on any atom is 0.138 e. The molecule has 0 bridgehead atoms. The molecule has 0 aromatic heterocycles. The van der Waals surface area contributed by atoms with Crippen LogP contribution >= 0.6 is 12.4 Å². The number of benzene rings is 3. The summed E-state index contributed by atoms with van der Waals surface area (Å²) in [5.41, 5.74) is 4.10. The summed E-state index contributed by atoms with van der Waals surface area (Å²) in [6.45, 7) is 2.06. The van der Waals surface area contributed by atoms with Crippen molar-refractivity contribution in [2.75, 3.05) is 12.4 Å². The summed E-state index contributed by atoms with van der Waals surface area (Å²) in [6, 6.07) is 26.1. The molecule has 0 amide bonds. The van der Waals surface area contributed by atoms with Crippen LogP contribution < -0.4 is 10.1 Å². The molecule has 128 valence electrons. The normalized spacial score (nSPS) is 10.7. The lowest BCUT2D eigenvalue weighted by Gasteiger charge is -2.12. The summed E-state index contributed by atoms with van der Waals surface area (Å²) in [4.78, 5) is 4.84. The summed E-state index contributed by atoms with van der Waals surface area (Å²) in [7, 11) is 1.66. The molecule has 0 aliphatic rings. The van der Waals surface area contributed by atoms with Crippen molar-refractivity contribution in [1.29, 1.82) is 0 Å². The number of methoxy groups -OCH3 is 1. The fourth-order valence-corrected chi connectivity index (χ4v) is 2.38. The standard InChI is InChI=1S/C21H20N2O.ClH/c1-16-8-6-7-11-20(16)23-21(17-9-4-3-5-10-17)22-18-12-14-19(24-2)15-13-18;/h3-15H,1-2H3,(H,22,23);1H. The number of halogens is 1. The molecule has 4 heteroatoms. The van der Waals surface area contributed by atoms with Crippen LogP contribution in [0.25, 0.3) is 0 Å². The molecule has 0 radical (unpaired) electrons. The lowest BCUT2D eigenvalue weighted by atomic mass is 10.1. The number of aryl methyl sites for hydroxylation is 1. The van der Waals surface area contributed by atoms with Gasteiger partial charge < -0.3 is 10.1 Å². The summed E-state index contributed by atoms with van der Waals surface area (Å²) in [5, 5.41) is 3.42. The number of anilines is 1. The minimum atomic E-state index is 0. The first-order valence-corrected chi connectivity index (χ1v) is 7.87. The summed E-state index contributed by atoms with van der Waals surface area (Å²) < 4.78 is 5.21. The molecular weight excluding hydrogens is 332 g/mol. The van der Waals surface area contributed by atoms with Crippen LogP contribution in [-0.2, 0) is 0 Å². The van der Waals surface area contributed by atoms with Gasteiger partial charge in [-0.3, -0.25) is 0 Å². The first-order chi connectivity index (χ1) is 11.8. The van der Waals surface area contributed by atoms with Crippen LogP contribution in [0.3, 0.4) is 0 Å². The SMILES string of the molecule is COc1ccc(NC(=Nc2ccccc2C)c2ccccc2)cc1.Cl. The molecule has 0 atom stereocenters. The van der Waals surface area contributed by atoms with E-state index < -0.39 is 0 Å². The van der Waals surface area contributed by atoms with Crippen molar-refractivity contribution in [3.05, 3.63) is 90.0 Å². The highest BCUT2D eigenvalue weighted by molar-refractivity contribution is 6.09. The minimum Gasteiger partial charge on any atom is -0.497 e. The highest BCUT2D eigenvalue weighted by Gasteiger charge is 2.06. The molecule has 0 unspecified atom stereocenters. The number of nitrogens with one attached hydrogen (secondary N) is 1. The van der Waals surface area contributed by atoms with Crippen molar-refractivity contribution in [3.8, 4) is 5.75 Å². The van der Waals surface area contributed by atoms with E-state index in [1.54, 1.807) is 7.11 Å². The molecule has 3 nitrogen and oxygen atoms in total. The van der Waals surface area contributed by atoms with Crippen LogP contribution in [0.15, 0.2) is 83.9 Å². The van der Waals surface area contributed by atoms with E-state index in [1.165, 1.54) is 0 Å². The monoisotopic (exact) mass is 352 g/mol. The summed E-state index contributed by atoms with van der Waals surface area (Å²) in [5.74, 6) is 1.65. The van der Waals surface area contributed by atoms with Gasteiger partial charge in [-0.2, -0.15) is 0 Å². The predicted octanol–water partition coefficient (Wildman–Crippen LogP) is 5.62. The van der Waals surface area contributed by atoms with Crippen LogP contribution in [0, 0.1) is 6.92 Å². The first-order valence-electron chi connectivity index (χ1n) is 7.87. The lowest BCUT2D eigenvalue weighted by Crippen LogP contribution is -2.13. The average Bonchev–Trinajstić information content (AvgIpc) is 2.64. The summed E-state index contributed by atoms with van der Waals surface area (Å²) in [6.07, 6.45) is 0. The fraction of sp³-hybridized carbons (Fsp3) is 0.0952. The Morgan fingerprint density at radius 1 is 0.840 bits per heavy atom. The zero-order valence-electron chi connectivity index (χ0n) is 14.3. The fourth-order valence-electron chi connectivity index (χ4n) is 2.38. The van der Waals surface area contributed by atoms with Gasteiger partial charge in [0, 0.05) is 11.3 Å². The van der Waals surface area contributed by atoms with Gasteiger partial charge >= 0.3 is 0 Å². The minimum absolute atomic E-state index is 0. The average molecular weight is 353 g/mol. The Hall–Kier alpha value is -2.78. The van der Waals surface area contributed by atoms with Crippen molar-refractivity contribution in [2.45, 2.75) is 6.92 Å². The van der Waals surface area contributed by atoms with Crippen molar-refractivity contribution >= 4 is 29.6 Å². The van der Waals surface area contributed by atoms with E-state index in [1.807, 2.05) is 72.8 Å². The van der Waals surface area contributed by atoms with E-state index in [4.69, 9.17) is 9.73 Å². The van der Waals surface area contributed by atoms with Crippen LogP contribution in [0.2, 0.25) is 0 Å². The second-order valence-corrected chi connectivity index (χ2v) is 5.47. The van der Waals surface area contributed by atoms with Crippen molar-refractivity contribution in [2.24, 2.45) is 4.99 Å². The molecule has 1 N–H and O–H groups in total. The van der Waals surface area contributed by atoms with Gasteiger partial charge in [-0.25, -0.2) is 4.99 Å². The zero-order chi connectivity index (χ0) is 16.8. The van der Waals surface area contributed by atoms with Crippen molar-refractivity contribution < 1.29 is 4.74 Å². The number of amidine groups is 1. The maximum atomic E-state index is 5.21. The van der Waals surface area contributed by atoms with Crippen molar-refractivity contribution in [1.82, 2.24) is 0 Å². The quantitative estimate of drug-likeness (QED) is 0.488. The number of rotatable bonds is 4. The number of para-hydroxylation sites is 1. The van der Waals surface area contributed by atoms with E-state index in [-0.39, 0.29) is 12.4 Å². The van der Waals surface area contributed by atoms with Crippen LogP contribution in [0.4, 0.5) is 11.4 Å². The Kier molecular flexibility index (Phi) is 6.61. The van der Waals surface area contributed by atoms with Crippen LogP contribution in [-0.4, -0.2) is 12.9 Å². The van der Waals surface area contributed by atoms with E-state index in [0.29, 0.717) is 0 Å². The third-order valence-electron chi connectivity index (χ3n) is 3.75. The molecule has 0 spiro atoms. The molecule has 3 aromatic rings. The van der Waals surface area contributed by atoms with Crippen LogP contribution in [0.5, 0.6) is 5.75 Å². The molecule has 0 heterocycles. The molecule has 3 rings (SSSR count). The van der Waals surface area contributed by atoms with E-state index in [0.717, 1.165) is 34.1 Å². The number of nitrogens with zero attached hydrogens (tertiary/aromatic N) is 1. The molecule has 0 aliphatic heterocycles. The number of aliphatic imine (C=N–C) groups is 1. The zero-order valence-corrected chi connectivity index (χ0v) is 15.1. The Bertz CT molecular complexity index is 830. The summed E-state index contributed by atoms with van der Waals surface area (Å²) >= 11 is 0. The largest absolute Gasteiger partial charge is 0.497 e. The number of hydrogen-bond acceptors (Lipinski definition) is 2. The third kappa shape index (κ3) is 4.85. The highest BCUT2D eigenvalue weighted by Crippen LogP contribution is 2.21. The number of ether oxygens (including phenoxy) is 1. The third-order valence-corrected chi connectivity index (χ3v) is 3.75. The molecule has 0 aliphatic carbocycles. The van der Waals surface area contributed by atoms with E-state index in [9.17, 15) is 0 Å². The van der Waals surface area contributed by atoms with Crippen LogP contribution in [0.1, 0.15) is 11.1 Å². The Balaban J connectivity index is 0.00000225. The van der Waals surface area contributed by atoms with Gasteiger partial charge in [0.1, 0.15) is 11.6 Å². The second-order valence-electron chi connectivity index (χ2n) is 5.47.